The summed E-state index contributed by atoms with van der Waals surface area (Å²) in [4.78, 5) is 21.8. The molecule has 1 aliphatic heterocycles. The maximum atomic E-state index is 11.7. The van der Waals surface area contributed by atoms with Gasteiger partial charge in [-0.15, -0.1) is 0 Å². The van der Waals surface area contributed by atoms with E-state index in [9.17, 15) is 4.79 Å². The molecule has 0 aromatic carbocycles. The molecule has 0 bridgehead atoms. The molecule has 0 N–H and O–H groups in total. The number of carbonyl (C=O) groups excluding carboxylic acids is 1. The lowest BCUT2D eigenvalue weighted by Crippen LogP contribution is -2.22. The standard InChI is InChI=1S/C12H16ClN3O2/c1-3-18-12(17)10-9(13)11(15-7-14-10)16-5-4-8(2)6-16/h7-8H,3-6H2,1-2H3/t8-/m0/s1. The van der Waals surface area contributed by atoms with Gasteiger partial charge in [0, 0.05) is 13.1 Å². The van der Waals surface area contributed by atoms with Crippen molar-refractivity contribution in [1.29, 1.82) is 0 Å². The lowest BCUT2D eigenvalue weighted by atomic mass is 10.2. The van der Waals surface area contributed by atoms with Crippen molar-refractivity contribution in [1.82, 2.24) is 9.97 Å². The lowest BCUT2D eigenvalue weighted by Gasteiger charge is -2.18. The van der Waals surface area contributed by atoms with Crippen LogP contribution in [0.3, 0.4) is 0 Å². The van der Waals surface area contributed by atoms with Gasteiger partial charge in [0.15, 0.2) is 11.5 Å². The Morgan fingerprint density at radius 2 is 2.39 bits per heavy atom. The fourth-order valence-electron chi connectivity index (χ4n) is 2.05. The molecule has 0 spiro atoms. The van der Waals surface area contributed by atoms with Crippen molar-refractivity contribution in [3.63, 3.8) is 0 Å². The van der Waals surface area contributed by atoms with Crippen LogP contribution in [0.25, 0.3) is 0 Å². The summed E-state index contributed by atoms with van der Waals surface area (Å²) in [6.45, 7) is 6.03. The van der Waals surface area contributed by atoms with Crippen molar-refractivity contribution in [3.05, 3.63) is 17.0 Å². The number of hydrogen-bond acceptors (Lipinski definition) is 5. The van der Waals surface area contributed by atoms with Crippen LogP contribution in [0, 0.1) is 5.92 Å². The summed E-state index contributed by atoms with van der Waals surface area (Å²) in [5.74, 6) is 0.736. The summed E-state index contributed by atoms with van der Waals surface area (Å²) in [6.07, 6.45) is 2.46. The molecule has 1 atom stereocenters. The first-order chi connectivity index (χ1) is 8.63. The van der Waals surface area contributed by atoms with Crippen LogP contribution < -0.4 is 4.90 Å². The highest BCUT2D eigenvalue weighted by Gasteiger charge is 2.25. The van der Waals surface area contributed by atoms with Crippen molar-refractivity contribution in [3.8, 4) is 0 Å². The molecule has 0 aliphatic carbocycles. The topological polar surface area (TPSA) is 55.3 Å². The van der Waals surface area contributed by atoms with E-state index in [1.54, 1.807) is 6.92 Å². The van der Waals surface area contributed by atoms with Gasteiger partial charge in [-0.1, -0.05) is 18.5 Å². The molecule has 98 valence electrons. The molecule has 2 rings (SSSR count). The van der Waals surface area contributed by atoms with Gasteiger partial charge in [0.2, 0.25) is 0 Å². The number of aromatic nitrogens is 2. The highest BCUT2D eigenvalue weighted by molar-refractivity contribution is 6.35. The Kier molecular flexibility index (Phi) is 4.01. The number of nitrogens with zero attached hydrogens (tertiary/aromatic N) is 3. The molecule has 18 heavy (non-hydrogen) atoms. The van der Waals surface area contributed by atoms with Crippen LogP contribution >= 0.6 is 11.6 Å². The molecule has 0 amide bonds. The van der Waals surface area contributed by atoms with E-state index in [-0.39, 0.29) is 10.7 Å². The second-order valence-electron chi connectivity index (χ2n) is 4.42. The minimum atomic E-state index is -0.501. The maximum absolute atomic E-state index is 11.7. The Hall–Kier alpha value is -1.36. The Bertz CT molecular complexity index is 453. The molecular formula is C12H16ClN3O2. The number of ether oxygens (including phenoxy) is 1. The zero-order valence-electron chi connectivity index (χ0n) is 10.5. The Labute approximate surface area is 111 Å². The van der Waals surface area contributed by atoms with Gasteiger partial charge < -0.3 is 9.64 Å². The number of rotatable bonds is 3. The van der Waals surface area contributed by atoms with Crippen LogP contribution in [-0.2, 0) is 4.74 Å². The van der Waals surface area contributed by atoms with Crippen molar-refractivity contribution in [2.75, 3.05) is 24.6 Å². The molecule has 1 aromatic heterocycles. The average molecular weight is 270 g/mol. The summed E-state index contributed by atoms with van der Waals surface area (Å²) in [7, 11) is 0. The van der Waals surface area contributed by atoms with Gasteiger partial charge in [-0.2, -0.15) is 0 Å². The van der Waals surface area contributed by atoms with Gasteiger partial charge in [-0.3, -0.25) is 0 Å². The molecule has 0 radical (unpaired) electrons. The lowest BCUT2D eigenvalue weighted by molar-refractivity contribution is 0.0519. The summed E-state index contributed by atoms with van der Waals surface area (Å²) in [5, 5.41) is 0.282. The summed E-state index contributed by atoms with van der Waals surface area (Å²) >= 11 is 6.20. The molecule has 0 unspecified atom stereocenters. The predicted octanol–water partition coefficient (Wildman–Crippen LogP) is 2.15. The molecule has 0 saturated carbocycles. The Morgan fingerprint density at radius 1 is 1.61 bits per heavy atom. The molecule has 6 heteroatoms. The molecule has 1 aliphatic rings. The van der Waals surface area contributed by atoms with Crippen LogP contribution in [0.4, 0.5) is 5.82 Å². The Morgan fingerprint density at radius 3 is 3.00 bits per heavy atom. The third-order valence-corrected chi connectivity index (χ3v) is 3.31. The molecular weight excluding hydrogens is 254 g/mol. The number of esters is 1. The third-order valence-electron chi connectivity index (χ3n) is 2.96. The highest BCUT2D eigenvalue weighted by atomic mass is 35.5. The maximum Gasteiger partial charge on any atom is 0.358 e. The SMILES string of the molecule is CCOC(=O)c1ncnc(N2CC[C@H](C)C2)c1Cl. The van der Waals surface area contributed by atoms with E-state index in [4.69, 9.17) is 16.3 Å². The minimum absolute atomic E-state index is 0.142. The van der Waals surface area contributed by atoms with Gasteiger partial charge in [-0.25, -0.2) is 14.8 Å². The van der Waals surface area contributed by atoms with Crippen molar-refractivity contribution < 1.29 is 9.53 Å². The second-order valence-corrected chi connectivity index (χ2v) is 4.80. The largest absolute Gasteiger partial charge is 0.461 e. The smallest absolute Gasteiger partial charge is 0.358 e. The van der Waals surface area contributed by atoms with Gasteiger partial charge >= 0.3 is 5.97 Å². The van der Waals surface area contributed by atoms with Crippen LogP contribution in [-0.4, -0.2) is 35.6 Å². The van der Waals surface area contributed by atoms with E-state index < -0.39 is 5.97 Å². The first-order valence-electron chi connectivity index (χ1n) is 6.06. The summed E-state index contributed by atoms with van der Waals surface area (Å²) < 4.78 is 4.92. The summed E-state index contributed by atoms with van der Waals surface area (Å²) in [6, 6.07) is 0. The van der Waals surface area contributed by atoms with E-state index >= 15 is 0 Å². The summed E-state index contributed by atoms with van der Waals surface area (Å²) in [5.41, 5.74) is 0.142. The normalized spacial score (nSPS) is 19.1. The van der Waals surface area contributed by atoms with Crippen LogP contribution in [0.2, 0.25) is 5.02 Å². The van der Waals surface area contributed by atoms with E-state index in [2.05, 4.69) is 21.8 Å². The molecule has 1 aromatic rings. The zero-order valence-corrected chi connectivity index (χ0v) is 11.3. The average Bonchev–Trinajstić information content (AvgIpc) is 2.76. The van der Waals surface area contributed by atoms with E-state index in [1.807, 2.05) is 0 Å². The number of hydrogen-bond donors (Lipinski definition) is 0. The van der Waals surface area contributed by atoms with Gasteiger partial charge in [-0.05, 0) is 19.3 Å². The van der Waals surface area contributed by atoms with Crippen LogP contribution in [0.1, 0.15) is 30.8 Å². The van der Waals surface area contributed by atoms with Crippen molar-refractivity contribution in [2.24, 2.45) is 5.92 Å². The van der Waals surface area contributed by atoms with E-state index in [0.29, 0.717) is 18.3 Å². The number of carbonyl (C=O) groups is 1. The molecule has 2 heterocycles. The third kappa shape index (κ3) is 2.56. The Balaban J connectivity index is 2.27. The quantitative estimate of drug-likeness (QED) is 0.787. The van der Waals surface area contributed by atoms with Crippen LogP contribution in [0.5, 0.6) is 0 Å². The number of anilines is 1. The monoisotopic (exact) mass is 269 g/mol. The van der Waals surface area contributed by atoms with E-state index in [1.165, 1.54) is 6.33 Å². The van der Waals surface area contributed by atoms with E-state index in [0.717, 1.165) is 19.5 Å². The second kappa shape index (κ2) is 5.52. The molecule has 1 fully saturated rings. The van der Waals surface area contributed by atoms with Crippen molar-refractivity contribution >= 4 is 23.4 Å². The minimum Gasteiger partial charge on any atom is -0.461 e. The van der Waals surface area contributed by atoms with Crippen molar-refractivity contribution in [2.45, 2.75) is 20.3 Å². The highest BCUT2D eigenvalue weighted by Crippen LogP contribution is 2.29. The predicted molar refractivity (Wildman–Crippen MR) is 69.0 cm³/mol. The fourth-order valence-corrected chi connectivity index (χ4v) is 2.34. The molecule has 1 saturated heterocycles. The fraction of sp³-hybridized carbons (Fsp3) is 0.583. The van der Waals surface area contributed by atoms with Gasteiger partial charge in [0.1, 0.15) is 11.3 Å². The first-order valence-corrected chi connectivity index (χ1v) is 6.43. The zero-order chi connectivity index (χ0) is 13.1. The van der Waals surface area contributed by atoms with Crippen LogP contribution in [0.15, 0.2) is 6.33 Å². The first kappa shape index (κ1) is 13.1. The number of halogens is 1. The van der Waals surface area contributed by atoms with Gasteiger partial charge in [0.25, 0.3) is 0 Å². The molecule has 5 nitrogen and oxygen atoms in total. The van der Waals surface area contributed by atoms with Gasteiger partial charge in [0.05, 0.1) is 6.61 Å².